The quantitative estimate of drug-likeness (QED) is 0.818. The van der Waals surface area contributed by atoms with Crippen LogP contribution in [0.5, 0.6) is 0 Å². The van der Waals surface area contributed by atoms with E-state index >= 15 is 0 Å². The van der Waals surface area contributed by atoms with E-state index in [1.54, 1.807) is 0 Å². The van der Waals surface area contributed by atoms with Crippen molar-refractivity contribution in [2.24, 2.45) is 0 Å². The van der Waals surface area contributed by atoms with Gasteiger partial charge in [0.25, 0.3) is 0 Å². The fraction of sp³-hybridized carbons (Fsp3) is 0.500. The molecule has 2 atom stereocenters. The van der Waals surface area contributed by atoms with Crippen LogP contribution in [0.15, 0.2) is 30.3 Å². The molecule has 0 bridgehead atoms. The molecule has 0 radical (unpaired) electrons. The standard InChI is InChI=1S/C14H20N2OS/c1-11(12-6-3-2-4-7-12)16-14(18)15-10-13-8-5-9-17-13/h2-4,6-7,11,13H,5,8-10H2,1H3,(H2,15,16,18)/t11-,13+/m1/s1. The molecule has 0 saturated carbocycles. The first-order chi connectivity index (χ1) is 8.75. The van der Waals surface area contributed by atoms with Gasteiger partial charge in [-0.1, -0.05) is 30.3 Å². The topological polar surface area (TPSA) is 33.3 Å². The number of rotatable bonds is 4. The van der Waals surface area contributed by atoms with Crippen LogP contribution in [0.4, 0.5) is 0 Å². The Bertz CT molecular complexity index is 377. The lowest BCUT2D eigenvalue weighted by molar-refractivity contribution is 0.114. The Morgan fingerprint density at radius 1 is 1.44 bits per heavy atom. The second-order valence-electron chi connectivity index (χ2n) is 4.62. The van der Waals surface area contributed by atoms with Crippen molar-refractivity contribution in [1.82, 2.24) is 10.6 Å². The van der Waals surface area contributed by atoms with Gasteiger partial charge in [-0.3, -0.25) is 0 Å². The first kappa shape index (κ1) is 13.3. The van der Waals surface area contributed by atoms with Crippen LogP contribution in [0.2, 0.25) is 0 Å². The Balaban J connectivity index is 1.73. The van der Waals surface area contributed by atoms with Crippen LogP contribution in [0.1, 0.15) is 31.4 Å². The van der Waals surface area contributed by atoms with E-state index in [-0.39, 0.29) is 6.04 Å². The van der Waals surface area contributed by atoms with E-state index in [1.807, 2.05) is 18.2 Å². The number of ether oxygens (including phenoxy) is 1. The highest BCUT2D eigenvalue weighted by Gasteiger charge is 2.15. The van der Waals surface area contributed by atoms with Crippen LogP contribution in [0.25, 0.3) is 0 Å². The molecule has 2 N–H and O–H groups in total. The molecule has 1 aromatic rings. The van der Waals surface area contributed by atoms with Crippen LogP contribution < -0.4 is 10.6 Å². The maximum Gasteiger partial charge on any atom is 0.166 e. The smallest absolute Gasteiger partial charge is 0.166 e. The van der Waals surface area contributed by atoms with Gasteiger partial charge in [0.15, 0.2) is 5.11 Å². The Morgan fingerprint density at radius 2 is 2.22 bits per heavy atom. The lowest BCUT2D eigenvalue weighted by Crippen LogP contribution is -2.40. The van der Waals surface area contributed by atoms with Crippen LogP contribution in [0.3, 0.4) is 0 Å². The van der Waals surface area contributed by atoms with E-state index in [2.05, 4.69) is 29.7 Å². The number of thiocarbonyl (C=S) groups is 1. The number of benzene rings is 1. The van der Waals surface area contributed by atoms with Gasteiger partial charge in [-0.2, -0.15) is 0 Å². The first-order valence-electron chi connectivity index (χ1n) is 6.46. The summed E-state index contributed by atoms with van der Waals surface area (Å²) in [6.07, 6.45) is 2.60. The monoisotopic (exact) mass is 264 g/mol. The fourth-order valence-electron chi connectivity index (χ4n) is 2.08. The molecule has 18 heavy (non-hydrogen) atoms. The first-order valence-corrected chi connectivity index (χ1v) is 6.87. The van der Waals surface area contributed by atoms with Crippen molar-refractivity contribution >= 4 is 17.3 Å². The molecule has 98 valence electrons. The molecule has 1 heterocycles. The normalized spacial score (nSPS) is 20.4. The maximum atomic E-state index is 5.54. The van der Waals surface area contributed by atoms with Gasteiger partial charge in [0.2, 0.25) is 0 Å². The second-order valence-corrected chi connectivity index (χ2v) is 5.03. The summed E-state index contributed by atoms with van der Waals surface area (Å²) in [4.78, 5) is 0. The third-order valence-corrected chi connectivity index (χ3v) is 3.42. The van der Waals surface area contributed by atoms with Crippen molar-refractivity contribution in [3.8, 4) is 0 Å². The Labute approximate surface area is 114 Å². The summed E-state index contributed by atoms with van der Waals surface area (Å²) in [5.74, 6) is 0. The van der Waals surface area contributed by atoms with E-state index < -0.39 is 0 Å². The van der Waals surface area contributed by atoms with Gasteiger partial charge < -0.3 is 15.4 Å². The minimum Gasteiger partial charge on any atom is -0.376 e. The summed E-state index contributed by atoms with van der Waals surface area (Å²) in [6, 6.07) is 10.5. The second kappa shape index (κ2) is 6.71. The molecule has 2 rings (SSSR count). The van der Waals surface area contributed by atoms with E-state index in [1.165, 1.54) is 5.56 Å². The largest absolute Gasteiger partial charge is 0.376 e. The highest BCUT2D eigenvalue weighted by Crippen LogP contribution is 2.12. The minimum absolute atomic E-state index is 0.218. The van der Waals surface area contributed by atoms with E-state index in [9.17, 15) is 0 Å². The molecule has 4 heteroatoms. The molecule has 1 saturated heterocycles. The molecule has 3 nitrogen and oxygen atoms in total. The molecular weight excluding hydrogens is 244 g/mol. The van der Waals surface area contributed by atoms with Crippen molar-refractivity contribution in [2.45, 2.75) is 31.9 Å². The summed E-state index contributed by atoms with van der Waals surface area (Å²) in [5, 5.41) is 7.20. The Kier molecular flexibility index (Phi) is 4.96. The number of nitrogens with one attached hydrogen (secondary N) is 2. The summed E-state index contributed by atoms with van der Waals surface area (Å²) in [6.45, 7) is 3.79. The Morgan fingerprint density at radius 3 is 2.89 bits per heavy atom. The highest BCUT2D eigenvalue weighted by molar-refractivity contribution is 7.80. The molecule has 1 aliphatic heterocycles. The minimum atomic E-state index is 0.218. The van der Waals surface area contributed by atoms with Crippen LogP contribution in [0, 0.1) is 0 Å². The molecule has 0 aliphatic carbocycles. The number of hydrogen-bond acceptors (Lipinski definition) is 2. The van der Waals surface area contributed by atoms with Crippen molar-refractivity contribution in [3.63, 3.8) is 0 Å². The molecule has 0 spiro atoms. The molecule has 0 aromatic heterocycles. The van der Waals surface area contributed by atoms with Gasteiger partial charge in [-0.05, 0) is 37.5 Å². The summed E-state index contributed by atoms with van der Waals surface area (Å²) >= 11 is 5.29. The summed E-state index contributed by atoms with van der Waals surface area (Å²) < 4.78 is 5.54. The molecule has 1 fully saturated rings. The summed E-state index contributed by atoms with van der Waals surface area (Å²) in [7, 11) is 0. The average molecular weight is 264 g/mol. The maximum absolute atomic E-state index is 5.54. The van der Waals surface area contributed by atoms with E-state index in [0.717, 1.165) is 26.0 Å². The van der Waals surface area contributed by atoms with Crippen LogP contribution >= 0.6 is 12.2 Å². The number of hydrogen-bond donors (Lipinski definition) is 2. The summed E-state index contributed by atoms with van der Waals surface area (Å²) in [5.41, 5.74) is 1.23. The van der Waals surface area contributed by atoms with Gasteiger partial charge in [0.1, 0.15) is 0 Å². The SMILES string of the molecule is C[C@@H](NC(=S)NC[C@@H]1CCCO1)c1ccccc1. The van der Waals surface area contributed by atoms with Crippen molar-refractivity contribution in [3.05, 3.63) is 35.9 Å². The average Bonchev–Trinajstić information content (AvgIpc) is 2.90. The fourth-order valence-corrected chi connectivity index (χ4v) is 2.34. The van der Waals surface area contributed by atoms with Crippen LogP contribution in [-0.4, -0.2) is 24.4 Å². The molecular formula is C14H20N2OS. The molecule has 0 unspecified atom stereocenters. The highest BCUT2D eigenvalue weighted by atomic mass is 32.1. The van der Waals surface area contributed by atoms with Crippen molar-refractivity contribution < 1.29 is 4.74 Å². The third kappa shape index (κ3) is 3.96. The predicted molar refractivity (Wildman–Crippen MR) is 77.6 cm³/mol. The van der Waals surface area contributed by atoms with Gasteiger partial charge in [-0.15, -0.1) is 0 Å². The zero-order valence-electron chi connectivity index (χ0n) is 10.7. The lowest BCUT2D eigenvalue weighted by atomic mass is 10.1. The van der Waals surface area contributed by atoms with Crippen molar-refractivity contribution in [1.29, 1.82) is 0 Å². The zero-order valence-corrected chi connectivity index (χ0v) is 11.5. The lowest BCUT2D eigenvalue weighted by Gasteiger charge is -2.18. The zero-order chi connectivity index (χ0) is 12.8. The van der Waals surface area contributed by atoms with E-state index in [0.29, 0.717) is 11.2 Å². The van der Waals surface area contributed by atoms with Gasteiger partial charge in [0, 0.05) is 13.2 Å². The van der Waals surface area contributed by atoms with Crippen molar-refractivity contribution in [2.75, 3.05) is 13.2 Å². The molecule has 1 aromatic carbocycles. The third-order valence-electron chi connectivity index (χ3n) is 3.16. The molecule has 1 aliphatic rings. The van der Waals surface area contributed by atoms with Gasteiger partial charge >= 0.3 is 0 Å². The van der Waals surface area contributed by atoms with Gasteiger partial charge in [0.05, 0.1) is 12.1 Å². The predicted octanol–water partition coefficient (Wildman–Crippen LogP) is 2.39. The van der Waals surface area contributed by atoms with E-state index in [4.69, 9.17) is 17.0 Å². The van der Waals surface area contributed by atoms with Gasteiger partial charge in [-0.25, -0.2) is 0 Å². The van der Waals surface area contributed by atoms with Crippen LogP contribution in [-0.2, 0) is 4.74 Å². The Hall–Kier alpha value is -1.13. The molecule has 0 amide bonds.